The fraction of sp³-hybridized carbons (Fsp3) is 0.562. The van der Waals surface area contributed by atoms with E-state index in [0.717, 1.165) is 18.2 Å². The number of hydrogen-bond donors (Lipinski definition) is 1. The lowest BCUT2D eigenvalue weighted by Gasteiger charge is -2.24. The third-order valence-electron chi connectivity index (χ3n) is 3.92. The minimum Gasteiger partial charge on any atom is -0.465 e. The highest BCUT2D eigenvalue weighted by molar-refractivity contribution is 9.08. The summed E-state index contributed by atoms with van der Waals surface area (Å²) in [6, 6.07) is 6.57. The SMILES string of the molecule is CC(C)CC1CN(C(=O)O)CCc2cc(CBr)ccc21. The van der Waals surface area contributed by atoms with E-state index < -0.39 is 6.09 Å². The van der Waals surface area contributed by atoms with Crippen LogP contribution in [0.3, 0.4) is 0 Å². The van der Waals surface area contributed by atoms with E-state index in [4.69, 9.17) is 0 Å². The van der Waals surface area contributed by atoms with E-state index in [1.54, 1.807) is 4.90 Å². The highest BCUT2D eigenvalue weighted by atomic mass is 79.9. The second-order valence-corrected chi connectivity index (χ2v) is 6.53. The molecule has 0 aromatic heterocycles. The van der Waals surface area contributed by atoms with E-state index in [2.05, 4.69) is 48.0 Å². The van der Waals surface area contributed by atoms with Crippen LogP contribution in [0.15, 0.2) is 18.2 Å². The van der Waals surface area contributed by atoms with Crippen molar-refractivity contribution < 1.29 is 9.90 Å². The lowest BCUT2D eigenvalue weighted by atomic mass is 9.87. The van der Waals surface area contributed by atoms with Crippen LogP contribution in [0.2, 0.25) is 0 Å². The van der Waals surface area contributed by atoms with Gasteiger partial charge in [0.2, 0.25) is 0 Å². The molecule has 1 N–H and O–H groups in total. The Hall–Kier alpha value is -1.03. The average molecular weight is 340 g/mol. The largest absolute Gasteiger partial charge is 0.465 e. The van der Waals surface area contributed by atoms with Gasteiger partial charge in [0.15, 0.2) is 0 Å². The summed E-state index contributed by atoms with van der Waals surface area (Å²) in [7, 11) is 0. The van der Waals surface area contributed by atoms with Crippen molar-refractivity contribution in [2.45, 2.75) is 37.9 Å². The molecule has 1 aliphatic rings. The lowest BCUT2D eigenvalue weighted by Crippen LogP contribution is -2.33. The highest BCUT2D eigenvalue weighted by Gasteiger charge is 2.26. The zero-order valence-electron chi connectivity index (χ0n) is 12.1. The van der Waals surface area contributed by atoms with Gasteiger partial charge in [-0.15, -0.1) is 0 Å². The summed E-state index contributed by atoms with van der Waals surface area (Å²) in [6.07, 6.45) is 1.05. The Labute approximate surface area is 129 Å². The molecule has 0 saturated carbocycles. The van der Waals surface area contributed by atoms with E-state index in [9.17, 15) is 9.90 Å². The molecule has 1 aliphatic heterocycles. The first-order chi connectivity index (χ1) is 9.51. The lowest BCUT2D eigenvalue weighted by molar-refractivity contribution is 0.142. The molecule has 0 bridgehead atoms. The van der Waals surface area contributed by atoms with E-state index in [1.165, 1.54) is 16.7 Å². The van der Waals surface area contributed by atoms with Gasteiger partial charge in [0.1, 0.15) is 0 Å². The van der Waals surface area contributed by atoms with Crippen molar-refractivity contribution in [3.05, 3.63) is 34.9 Å². The van der Waals surface area contributed by atoms with Crippen LogP contribution in [-0.2, 0) is 11.8 Å². The zero-order chi connectivity index (χ0) is 14.7. The van der Waals surface area contributed by atoms with Gasteiger partial charge in [-0.05, 0) is 35.4 Å². The smallest absolute Gasteiger partial charge is 0.407 e. The van der Waals surface area contributed by atoms with E-state index in [-0.39, 0.29) is 0 Å². The molecule has 1 unspecified atom stereocenters. The minimum atomic E-state index is -0.799. The number of fused-ring (bicyclic) bond motifs is 1. The summed E-state index contributed by atoms with van der Waals surface area (Å²) in [5.74, 6) is 0.880. The maximum Gasteiger partial charge on any atom is 0.407 e. The predicted octanol–water partition coefficient (Wildman–Crippen LogP) is 4.25. The third-order valence-corrected chi connectivity index (χ3v) is 4.57. The Morgan fingerprint density at radius 3 is 2.85 bits per heavy atom. The van der Waals surface area contributed by atoms with Gasteiger partial charge in [-0.2, -0.15) is 0 Å². The third kappa shape index (κ3) is 3.54. The first kappa shape index (κ1) is 15.4. The fourth-order valence-electron chi connectivity index (χ4n) is 3.01. The molecule has 1 heterocycles. The predicted molar refractivity (Wildman–Crippen MR) is 84.6 cm³/mol. The molecule has 4 heteroatoms. The Kier molecular flexibility index (Phi) is 5.08. The molecule has 0 aliphatic carbocycles. The molecule has 1 atom stereocenters. The summed E-state index contributed by atoms with van der Waals surface area (Å²) in [5.41, 5.74) is 3.92. The maximum absolute atomic E-state index is 11.3. The Bertz CT molecular complexity index is 487. The number of rotatable bonds is 3. The number of benzene rings is 1. The Morgan fingerprint density at radius 1 is 1.50 bits per heavy atom. The van der Waals surface area contributed by atoms with Crippen LogP contribution in [0.5, 0.6) is 0 Å². The molecule has 110 valence electrons. The van der Waals surface area contributed by atoms with Crippen LogP contribution >= 0.6 is 15.9 Å². The van der Waals surface area contributed by atoms with Crippen molar-refractivity contribution in [3.8, 4) is 0 Å². The van der Waals surface area contributed by atoms with E-state index >= 15 is 0 Å². The summed E-state index contributed by atoms with van der Waals surface area (Å²) in [5, 5.41) is 10.2. The van der Waals surface area contributed by atoms with Crippen molar-refractivity contribution >= 4 is 22.0 Å². The highest BCUT2D eigenvalue weighted by Crippen LogP contribution is 2.31. The van der Waals surface area contributed by atoms with Gasteiger partial charge >= 0.3 is 6.09 Å². The number of halogens is 1. The maximum atomic E-state index is 11.3. The first-order valence-corrected chi connectivity index (χ1v) is 8.29. The summed E-state index contributed by atoms with van der Waals surface area (Å²) in [4.78, 5) is 12.9. The van der Waals surface area contributed by atoms with E-state index in [1.807, 2.05) is 0 Å². The number of amides is 1. The molecule has 1 amide bonds. The monoisotopic (exact) mass is 339 g/mol. The molecule has 1 aromatic carbocycles. The van der Waals surface area contributed by atoms with Gasteiger partial charge < -0.3 is 10.0 Å². The number of nitrogens with zero attached hydrogens (tertiary/aromatic N) is 1. The molecule has 3 nitrogen and oxygen atoms in total. The van der Waals surface area contributed by atoms with E-state index in [0.29, 0.717) is 24.9 Å². The van der Waals surface area contributed by atoms with Gasteiger partial charge in [0, 0.05) is 24.3 Å². The second kappa shape index (κ2) is 6.61. The minimum absolute atomic E-state index is 0.313. The second-order valence-electron chi connectivity index (χ2n) is 5.97. The quantitative estimate of drug-likeness (QED) is 0.836. The molecule has 1 aromatic rings. The van der Waals surface area contributed by atoms with Crippen LogP contribution in [0.4, 0.5) is 4.79 Å². The van der Waals surface area contributed by atoms with Crippen molar-refractivity contribution in [3.63, 3.8) is 0 Å². The number of carbonyl (C=O) groups is 1. The topological polar surface area (TPSA) is 40.5 Å². The summed E-state index contributed by atoms with van der Waals surface area (Å²) >= 11 is 3.49. The molecular formula is C16H22BrNO2. The summed E-state index contributed by atoms with van der Waals surface area (Å²) in [6.45, 7) is 5.61. The normalized spacial score (nSPS) is 18.8. The summed E-state index contributed by atoms with van der Waals surface area (Å²) < 4.78 is 0. The standard InChI is InChI=1S/C16H22BrNO2/c1-11(2)7-14-10-18(16(19)20)6-5-13-8-12(9-17)3-4-15(13)14/h3-4,8,11,14H,5-7,9-10H2,1-2H3,(H,19,20). The van der Waals surface area contributed by atoms with Gasteiger partial charge in [0.25, 0.3) is 0 Å². The Morgan fingerprint density at radius 2 is 2.25 bits per heavy atom. The van der Waals surface area contributed by atoms with Crippen molar-refractivity contribution in [2.75, 3.05) is 13.1 Å². The van der Waals surface area contributed by atoms with Crippen LogP contribution in [0.1, 0.15) is 42.9 Å². The molecule has 0 spiro atoms. The first-order valence-electron chi connectivity index (χ1n) is 7.16. The average Bonchev–Trinajstić information content (AvgIpc) is 2.57. The molecule has 2 rings (SSSR count). The molecule has 0 saturated heterocycles. The molecule has 20 heavy (non-hydrogen) atoms. The van der Waals surface area contributed by atoms with Crippen molar-refractivity contribution in [2.24, 2.45) is 5.92 Å². The number of alkyl halides is 1. The van der Waals surface area contributed by atoms with Gasteiger partial charge in [-0.3, -0.25) is 0 Å². The van der Waals surface area contributed by atoms with Crippen molar-refractivity contribution in [1.29, 1.82) is 0 Å². The number of hydrogen-bond acceptors (Lipinski definition) is 1. The molecule has 0 radical (unpaired) electrons. The fourth-order valence-corrected chi connectivity index (χ4v) is 3.36. The van der Waals surface area contributed by atoms with Crippen LogP contribution in [0.25, 0.3) is 0 Å². The van der Waals surface area contributed by atoms with Crippen LogP contribution < -0.4 is 0 Å². The van der Waals surface area contributed by atoms with Gasteiger partial charge in [-0.1, -0.05) is 48.0 Å². The van der Waals surface area contributed by atoms with Crippen LogP contribution in [-0.4, -0.2) is 29.2 Å². The van der Waals surface area contributed by atoms with Crippen molar-refractivity contribution in [1.82, 2.24) is 4.90 Å². The zero-order valence-corrected chi connectivity index (χ0v) is 13.7. The number of carboxylic acid groups (broad SMARTS) is 1. The van der Waals surface area contributed by atoms with Gasteiger partial charge in [0.05, 0.1) is 0 Å². The molecule has 0 fully saturated rings. The molecular weight excluding hydrogens is 318 g/mol. The van der Waals surface area contributed by atoms with Crippen LogP contribution in [0, 0.1) is 5.92 Å². The Balaban J connectivity index is 2.34. The van der Waals surface area contributed by atoms with Gasteiger partial charge in [-0.25, -0.2) is 4.79 Å².